The van der Waals surface area contributed by atoms with E-state index < -0.39 is 0 Å². The zero-order valence-electron chi connectivity index (χ0n) is 10.3. The van der Waals surface area contributed by atoms with Crippen molar-refractivity contribution in [2.75, 3.05) is 18.5 Å². The summed E-state index contributed by atoms with van der Waals surface area (Å²) in [5.74, 6) is 0.549. The van der Waals surface area contributed by atoms with Crippen molar-refractivity contribution in [3.63, 3.8) is 0 Å². The zero-order valence-corrected chi connectivity index (χ0v) is 10.3. The minimum atomic E-state index is -0.302. The number of nitrogens with zero attached hydrogens (tertiary/aromatic N) is 2. The van der Waals surface area contributed by atoms with E-state index in [2.05, 4.69) is 20.5 Å². The van der Waals surface area contributed by atoms with Gasteiger partial charge in [-0.15, -0.1) is 0 Å². The lowest BCUT2D eigenvalue weighted by Gasteiger charge is -2.18. The fourth-order valence-electron chi connectivity index (χ4n) is 2.04. The lowest BCUT2D eigenvalue weighted by Crippen LogP contribution is -2.15. The maximum Gasteiger partial charge on any atom is 0.277 e. The van der Waals surface area contributed by atoms with Crippen LogP contribution >= 0.6 is 0 Å². The van der Waals surface area contributed by atoms with Crippen molar-refractivity contribution < 1.29 is 13.9 Å². The highest BCUT2D eigenvalue weighted by molar-refractivity contribution is 6.02. The molecule has 1 saturated heterocycles. The average Bonchev–Trinajstić information content (AvgIpc) is 3.10. The van der Waals surface area contributed by atoms with Crippen molar-refractivity contribution in [2.24, 2.45) is 0 Å². The Hall–Kier alpha value is -2.15. The lowest BCUT2D eigenvalue weighted by molar-refractivity contribution is 0.0794. The van der Waals surface area contributed by atoms with Crippen LogP contribution in [0.2, 0.25) is 0 Å². The summed E-state index contributed by atoms with van der Waals surface area (Å²) >= 11 is 0. The molecule has 1 aliphatic rings. The molecule has 0 atom stereocenters. The molecule has 7 heteroatoms. The fourth-order valence-corrected chi connectivity index (χ4v) is 2.04. The Labute approximate surface area is 109 Å². The number of nitrogens with one attached hydrogen (secondary N) is 2. The number of oxazole rings is 1. The Balaban J connectivity index is 1.68. The van der Waals surface area contributed by atoms with Crippen LogP contribution in [0.5, 0.6) is 0 Å². The molecule has 0 bridgehead atoms. The number of anilines is 1. The van der Waals surface area contributed by atoms with E-state index in [1.165, 1.54) is 12.5 Å². The first-order valence-electron chi connectivity index (χ1n) is 6.16. The smallest absolute Gasteiger partial charge is 0.277 e. The summed E-state index contributed by atoms with van der Waals surface area (Å²) in [6, 6.07) is 0. The maximum atomic E-state index is 11.9. The van der Waals surface area contributed by atoms with Crippen LogP contribution in [-0.2, 0) is 4.74 Å². The largest absolute Gasteiger partial charge is 0.448 e. The van der Waals surface area contributed by atoms with Gasteiger partial charge in [0.25, 0.3) is 5.91 Å². The first kappa shape index (κ1) is 11.9. The van der Waals surface area contributed by atoms with Crippen molar-refractivity contribution in [2.45, 2.75) is 18.8 Å². The first-order valence-corrected chi connectivity index (χ1v) is 6.16. The summed E-state index contributed by atoms with van der Waals surface area (Å²) in [5.41, 5.74) is 0.878. The lowest BCUT2D eigenvalue weighted by atomic mass is 10.0. The molecule has 19 heavy (non-hydrogen) atoms. The van der Waals surface area contributed by atoms with E-state index in [9.17, 15) is 4.79 Å². The summed E-state index contributed by atoms with van der Waals surface area (Å²) in [6.45, 7) is 1.42. The molecule has 0 unspecified atom stereocenters. The molecule has 100 valence electrons. The first-order chi connectivity index (χ1) is 9.33. The monoisotopic (exact) mass is 262 g/mol. The number of H-pyrrole nitrogens is 1. The molecular weight excluding hydrogens is 248 g/mol. The SMILES string of the molecule is O=C(Nc1cn[nH]c1)c1coc(C2CCOCC2)n1. The minimum Gasteiger partial charge on any atom is -0.448 e. The fraction of sp³-hybridized carbons (Fsp3) is 0.417. The number of amides is 1. The maximum absolute atomic E-state index is 11.9. The van der Waals surface area contributed by atoms with Gasteiger partial charge in [-0.1, -0.05) is 0 Å². The second-order valence-corrected chi connectivity index (χ2v) is 4.40. The number of carbonyl (C=O) groups is 1. The summed E-state index contributed by atoms with van der Waals surface area (Å²) < 4.78 is 10.7. The number of hydrogen-bond donors (Lipinski definition) is 2. The molecule has 0 aliphatic carbocycles. The molecule has 0 spiro atoms. The number of ether oxygens (including phenoxy) is 1. The van der Waals surface area contributed by atoms with Gasteiger partial charge in [-0.2, -0.15) is 5.10 Å². The van der Waals surface area contributed by atoms with Gasteiger partial charge in [-0.05, 0) is 12.8 Å². The van der Waals surface area contributed by atoms with Crippen molar-refractivity contribution >= 4 is 11.6 Å². The molecule has 3 rings (SSSR count). The van der Waals surface area contributed by atoms with Crippen LogP contribution in [0, 0.1) is 0 Å². The van der Waals surface area contributed by atoms with Crippen LogP contribution in [0.25, 0.3) is 0 Å². The minimum absolute atomic E-state index is 0.240. The molecule has 2 N–H and O–H groups in total. The molecule has 2 aromatic heterocycles. The Morgan fingerprint density at radius 1 is 1.42 bits per heavy atom. The summed E-state index contributed by atoms with van der Waals surface area (Å²) in [6.07, 6.45) is 6.27. The molecule has 1 amide bonds. The molecule has 0 aromatic carbocycles. The summed E-state index contributed by atoms with van der Waals surface area (Å²) in [4.78, 5) is 16.2. The van der Waals surface area contributed by atoms with Gasteiger partial charge in [0.15, 0.2) is 11.6 Å². The number of hydrogen-bond acceptors (Lipinski definition) is 5. The van der Waals surface area contributed by atoms with Gasteiger partial charge in [-0.3, -0.25) is 9.89 Å². The number of rotatable bonds is 3. The van der Waals surface area contributed by atoms with E-state index in [-0.39, 0.29) is 17.5 Å². The van der Waals surface area contributed by atoms with Crippen molar-refractivity contribution in [3.05, 3.63) is 30.2 Å². The third-order valence-corrected chi connectivity index (χ3v) is 3.08. The van der Waals surface area contributed by atoms with Crippen molar-refractivity contribution in [1.29, 1.82) is 0 Å². The second kappa shape index (κ2) is 5.23. The number of aromatic nitrogens is 3. The Morgan fingerprint density at radius 2 is 2.26 bits per heavy atom. The summed E-state index contributed by atoms with van der Waals surface area (Å²) in [7, 11) is 0. The van der Waals surface area contributed by atoms with Gasteiger partial charge >= 0.3 is 0 Å². The summed E-state index contributed by atoms with van der Waals surface area (Å²) in [5, 5.41) is 9.05. The topological polar surface area (TPSA) is 93.0 Å². The van der Waals surface area contributed by atoms with E-state index in [1.54, 1.807) is 6.20 Å². The quantitative estimate of drug-likeness (QED) is 0.875. The van der Waals surface area contributed by atoms with Gasteiger partial charge in [0.1, 0.15) is 6.26 Å². The molecule has 0 radical (unpaired) electrons. The molecule has 7 nitrogen and oxygen atoms in total. The van der Waals surface area contributed by atoms with Crippen LogP contribution in [0.4, 0.5) is 5.69 Å². The van der Waals surface area contributed by atoms with Gasteiger partial charge in [0, 0.05) is 25.3 Å². The normalized spacial score (nSPS) is 16.4. The van der Waals surface area contributed by atoms with Crippen LogP contribution in [-0.4, -0.2) is 34.3 Å². The standard InChI is InChI=1S/C12H14N4O3/c17-11(15-9-5-13-14-6-9)10-7-19-12(16-10)8-1-3-18-4-2-8/h5-8H,1-4H2,(H,13,14)(H,15,17). The second-order valence-electron chi connectivity index (χ2n) is 4.40. The van der Waals surface area contributed by atoms with E-state index in [4.69, 9.17) is 9.15 Å². The number of aromatic amines is 1. The zero-order chi connectivity index (χ0) is 13.1. The van der Waals surface area contributed by atoms with E-state index in [0.717, 1.165) is 12.8 Å². The van der Waals surface area contributed by atoms with Crippen LogP contribution in [0.15, 0.2) is 23.1 Å². The Morgan fingerprint density at radius 3 is 3.00 bits per heavy atom. The van der Waals surface area contributed by atoms with Gasteiger partial charge in [0.05, 0.1) is 11.9 Å². The van der Waals surface area contributed by atoms with E-state index >= 15 is 0 Å². The van der Waals surface area contributed by atoms with Gasteiger partial charge < -0.3 is 14.5 Å². The highest BCUT2D eigenvalue weighted by atomic mass is 16.5. The predicted molar refractivity (Wildman–Crippen MR) is 65.8 cm³/mol. The van der Waals surface area contributed by atoms with Crippen molar-refractivity contribution in [1.82, 2.24) is 15.2 Å². The van der Waals surface area contributed by atoms with E-state index in [1.807, 2.05) is 0 Å². The van der Waals surface area contributed by atoms with Crippen LogP contribution < -0.4 is 5.32 Å². The molecule has 0 saturated carbocycles. The average molecular weight is 262 g/mol. The molecule has 1 fully saturated rings. The molecule has 2 aromatic rings. The highest BCUT2D eigenvalue weighted by Gasteiger charge is 2.22. The number of carbonyl (C=O) groups excluding carboxylic acids is 1. The third-order valence-electron chi connectivity index (χ3n) is 3.08. The Bertz CT molecular complexity index is 543. The Kier molecular flexibility index (Phi) is 3.28. The third kappa shape index (κ3) is 2.65. The van der Waals surface area contributed by atoms with E-state index in [0.29, 0.717) is 24.8 Å². The van der Waals surface area contributed by atoms with Crippen LogP contribution in [0.1, 0.15) is 35.1 Å². The van der Waals surface area contributed by atoms with Gasteiger partial charge in [0.2, 0.25) is 0 Å². The van der Waals surface area contributed by atoms with Crippen molar-refractivity contribution in [3.8, 4) is 0 Å². The highest BCUT2D eigenvalue weighted by Crippen LogP contribution is 2.26. The van der Waals surface area contributed by atoms with Crippen LogP contribution in [0.3, 0.4) is 0 Å². The molecule has 1 aliphatic heterocycles. The predicted octanol–water partition coefficient (Wildman–Crippen LogP) is 1.54. The molecular formula is C12H14N4O3. The molecule has 3 heterocycles. The van der Waals surface area contributed by atoms with Gasteiger partial charge in [-0.25, -0.2) is 4.98 Å².